The van der Waals surface area contributed by atoms with Gasteiger partial charge >= 0.3 is 6.18 Å². The van der Waals surface area contributed by atoms with Gasteiger partial charge in [0.15, 0.2) is 0 Å². The van der Waals surface area contributed by atoms with E-state index in [1.807, 2.05) is 0 Å². The Morgan fingerprint density at radius 2 is 1.40 bits per heavy atom. The molecule has 0 radical (unpaired) electrons. The van der Waals surface area contributed by atoms with Crippen LogP contribution in [0.4, 0.5) is 13.2 Å². The summed E-state index contributed by atoms with van der Waals surface area (Å²) in [6, 6.07) is 8.99. The Morgan fingerprint density at radius 1 is 0.850 bits per heavy atom. The molecule has 0 aliphatic rings. The number of hydrogen-bond acceptors (Lipinski definition) is 2. The Hall–Kier alpha value is -2.43. The number of halogens is 3. The molecule has 0 unspecified atom stereocenters. The average molecular weight is 278 g/mol. The van der Waals surface area contributed by atoms with Gasteiger partial charge in [0.2, 0.25) is 0 Å². The minimum atomic E-state index is -4.50. The molecule has 0 heterocycles. The standard InChI is InChI=1S/C15H9F3O2/c16-15(17,18)14-4-2-1-3-13(14)12-6-10(8-19)5-11(7-12)9-20/h1-9H. The first-order valence-electron chi connectivity index (χ1n) is 5.68. The highest BCUT2D eigenvalue weighted by Crippen LogP contribution is 2.37. The van der Waals surface area contributed by atoms with Crippen LogP contribution in [0, 0.1) is 0 Å². The highest BCUT2D eigenvalue weighted by molar-refractivity contribution is 5.86. The van der Waals surface area contributed by atoms with E-state index in [0.29, 0.717) is 12.6 Å². The summed E-state index contributed by atoms with van der Waals surface area (Å²) in [6.07, 6.45) is -3.52. The molecular weight excluding hydrogens is 269 g/mol. The lowest BCUT2D eigenvalue weighted by molar-refractivity contribution is -0.137. The Morgan fingerprint density at radius 3 is 1.90 bits per heavy atom. The van der Waals surface area contributed by atoms with Crippen LogP contribution >= 0.6 is 0 Å². The Bertz CT molecular complexity index is 634. The van der Waals surface area contributed by atoms with Crippen molar-refractivity contribution < 1.29 is 22.8 Å². The first-order chi connectivity index (χ1) is 9.45. The molecule has 0 fully saturated rings. The molecule has 5 heteroatoms. The van der Waals surface area contributed by atoms with E-state index in [4.69, 9.17) is 0 Å². The van der Waals surface area contributed by atoms with Crippen molar-refractivity contribution in [3.05, 3.63) is 59.2 Å². The number of aldehydes is 2. The molecule has 0 aromatic heterocycles. The number of carbonyl (C=O) groups is 2. The zero-order valence-electron chi connectivity index (χ0n) is 10.1. The number of alkyl halides is 3. The van der Waals surface area contributed by atoms with Gasteiger partial charge in [0.1, 0.15) is 12.6 Å². The SMILES string of the molecule is O=Cc1cc(C=O)cc(-c2ccccc2C(F)(F)F)c1. The summed E-state index contributed by atoms with van der Waals surface area (Å²) in [5.41, 5.74) is -0.375. The third-order valence-electron chi connectivity index (χ3n) is 2.79. The molecule has 2 rings (SSSR count). The predicted molar refractivity (Wildman–Crippen MR) is 67.7 cm³/mol. The van der Waals surface area contributed by atoms with Crippen LogP contribution in [0.5, 0.6) is 0 Å². The van der Waals surface area contributed by atoms with Crippen molar-refractivity contribution in [1.82, 2.24) is 0 Å². The normalized spacial score (nSPS) is 11.2. The van der Waals surface area contributed by atoms with Crippen LogP contribution < -0.4 is 0 Å². The van der Waals surface area contributed by atoms with Gasteiger partial charge in [0, 0.05) is 11.1 Å². The average Bonchev–Trinajstić information content (AvgIpc) is 2.45. The molecule has 0 N–H and O–H groups in total. The molecule has 0 bridgehead atoms. The van der Waals surface area contributed by atoms with E-state index in [1.54, 1.807) is 0 Å². The first-order valence-corrected chi connectivity index (χ1v) is 5.68. The van der Waals surface area contributed by atoms with E-state index in [9.17, 15) is 22.8 Å². The Labute approximate surface area is 112 Å². The zero-order chi connectivity index (χ0) is 14.8. The van der Waals surface area contributed by atoms with E-state index < -0.39 is 11.7 Å². The fraction of sp³-hybridized carbons (Fsp3) is 0.0667. The highest BCUT2D eigenvalue weighted by atomic mass is 19.4. The molecule has 0 amide bonds. The van der Waals surface area contributed by atoms with E-state index >= 15 is 0 Å². The Kier molecular flexibility index (Phi) is 3.70. The summed E-state index contributed by atoms with van der Waals surface area (Å²) in [7, 11) is 0. The fourth-order valence-corrected chi connectivity index (χ4v) is 1.95. The zero-order valence-corrected chi connectivity index (χ0v) is 10.1. The van der Waals surface area contributed by atoms with Gasteiger partial charge in [0.05, 0.1) is 5.56 Å². The molecule has 2 aromatic rings. The molecule has 0 aliphatic carbocycles. The monoisotopic (exact) mass is 278 g/mol. The van der Waals surface area contributed by atoms with Crippen LogP contribution in [0.3, 0.4) is 0 Å². The van der Waals surface area contributed by atoms with Gasteiger partial charge in [-0.15, -0.1) is 0 Å². The molecule has 0 spiro atoms. The largest absolute Gasteiger partial charge is 0.417 e. The number of rotatable bonds is 3. The van der Waals surface area contributed by atoms with Gasteiger partial charge < -0.3 is 0 Å². The molecule has 0 saturated heterocycles. The van der Waals surface area contributed by atoms with Gasteiger partial charge in [-0.2, -0.15) is 13.2 Å². The lowest BCUT2D eigenvalue weighted by atomic mass is 9.96. The molecule has 20 heavy (non-hydrogen) atoms. The molecule has 2 nitrogen and oxygen atoms in total. The van der Waals surface area contributed by atoms with Crippen molar-refractivity contribution in [1.29, 1.82) is 0 Å². The lowest BCUT2D eigenvalue weighted by Crippen LogP contribution is -2.07. The number of hydrogen-bond donors (Lipinski definition) is 0. The maximum atomic E-state index is 13.0. The van der Waals surface area contributed by atoms with Gasteiger partial charge in [0.25, 0.3) is 0 Å². The van der Waals surface area contributed by atoms with Crippen molar-refractivity contribution in [3.63, 3.8) is 0 Å². The molecule has 0 saturated carbocycles. The van der Waals surface area contributed by atoms with E-state index in [1.165, 1.54) is 36.4 Å². The summed E-state index contributed by atoms with van der Waals surface area (Å²) in [4.78, 5) is 21.6. The summed E-state index contributed by atoms with van der Waals surface area (Å²) in [6.45, 7) is 0. The van der Waals surface area contributed by atoms with Crippen molar-refractivity contribution in [2.24, 2.45) is 0 Å². The maximum Gasteiger partial charge on any atom is 0.417 e. The Balaban J connectivity index is 2.68. The molecule has 0 atom stereocenters. The van der Waals surface area contributed by atoms with Crippen molar-refractivity contribution in [2.45, 2.75) is 6.18 Å². The smallest absolute Gasteiger partial charge is 0.298 e. The second kappa shape index (κ2) is 5.28. The molecule has 0 aliphatic heterocycles. The first kappa shape index (κ1) is 14.0. The quantitative estimate of drug-likeness (QED) is 0.795. The van der Waals surface area contributed by atoms with Gasteiger partial charge in [-0.3, -0.25) is 9.59 Å². The van der Waals surface area contributed by atoms with Crippen molar-refractivity contribution in [3.8, 4) is 11.1 Å². The molecule has 102 valence electrons. The second-order valence-corrected chi connectivity index (χ2v) is 4.17. The molecular formula is C15H9F3O2. The van der Waals surface area contributed by atoms with Crippen LogP contribution in [0.15, 0.2) is 42.5 Å². The van der Waals surface area contributed by atoms with Crippen LogP contribution in [-0.4, -0.2) is 12.6 Å². The van der Waals surface area contributed by atoms with Crippen LogP contribution in [0.1, 0.15) is 26.3 Å². The number of carbonyl (C=O) groups excluding carboxylic acids is 2. The summed E-state index contributed by atoms with van der Waals surface area (Å²) in [5.74, 6) is 0. The van der Waals surface area contributed by atoms with Crippen molar-refractivity contribution >= 4 is 12.6 Å². The maximum absolute atomic E-state index is 13.0. The van der Waals surface area contributed by atoms with Gasteiger partial charge in [-0.25, -0.2) is 0 Å². The van der Waals surface area contributed by atoms with E-state index in [2.05, 4.69) is 0 Å². The third-order valence-corrected chi connectivity index (χ3v) is 2.79. The molecule has 2 aromatic carbocycles. The third kappa shape index (κ3) is 2.77. The minimum Gasteiger partial charge on any atom is -0.298 e. The summed E-state index contributed by atoms with van der Waals surface area (Å²) < 4.78 is 38.9. The predicted octanol–water partition coefficient (Wildman–Crippen LogP) is 4.00. The van der Waals surface area contributed by atoms with Crippen molar-refractivity contribution in [2.75, 3.05) is 0 Å². The topological polar surface area (TPSA) is 34.1 Å². The summed E-state index contributed by atoms with van der Waals surface area (Å²) in [5, 5.41) is 0. The second-order valence-electron chi connectivity index (χ2n) is 4.17. The van der Waals surface area contributed by atoms with Crippen LogP contribution in [0.2, 0.25) is 0 Å². The van der Waals surface area contributed by atoms with E-state index in [-0.39, 0.29) is 22.3 Å². The minimum absolute atomic E-state index is 0.0631. The van der Waals surface area contributed by atoms with Gasteiger partial charge in [-0.1, -0.05) is 18.2 Å². The van der Waals surface area contributed by atoms with E-state index in [0.717, 1.165) is 6.07 Å². The summed E-state index contributed by atoms with van der Waals surface area (Å²) >= 11 is 0. The highest BCUT2D eigenvalue weighted by Gasteiger charge is 2.33. The van der Waals surface area contributed by atoms with Gasteiger partial charge in [-0.05, 0) is 35.4 Å². The van der Waals surface area contributed by atoms with Crippen LogP contribution in [0.25, 0.3) is 11.1 Å². The number of benzene rings is 2. The lowest BCUT2D eigenvalue weighted by Gasteiger charge is -2.13. The van der Waals surface area contributed by atoms with Crippen LogP contribution in [-0.2, 0) is 6.18 Å². The fourth-order valence-electron chi connectivity index (χ4n) is 1.95.